The highest BCUT2D eigenvalue weighted by atomic mass is 79.9. The third-order valence-corrected chi connectivity index (χ3v) is 7.80. The number of fused-ring (bicyclic) bond motifs is 1. The number of imide groups is 1. The second kappa shape index (κ2) is 8.82. The molecular formula is C26H28BrNO6. The van der Waals surface area contributed by atoms with E-state index < -0.39 is 23.2 Å². The Morgan fingerprint density at radius 2 is 1.76 bits per heavy atom. The molecule has 2 aromatic rings. The second-order valence-electron chi connectivity index (χ2n) is 9.73. The highest BCUT2D eigenvalue weighted by Gasteiger charge is 2.50. The molecule has 0 N–H and O–H groups in total. The summed E-state index contributed by atoms with van der Waals surface area (Å²) in [6.07, 6.45) is 1.45. The van der Waals surface area contributed by atoms with E-state index in [9.17, 15) is 14.4 Å². The van der Waals surface area contributed by atoms with E-state index in [0.717, 1.165) is 15.6 Å². The van der Waals surface area contributed by atoms with Gasteiger partial charge in [0.25, 0.3) is 11.8 Å². The highest BCUT2D eigenvalue weighted by molar-refractivity contribution is 9.10. The molecule has 0 saturated carbocycles. The van der Waals surface area contributed by atoms with Gasteiger partial charge in [0.15, 0.2) is 0 Å². The molecule has 4 rings (SSSR count). The normalized spacial score (nSPS) is 20.1. The van der Waals surface area contributed by atoms with Crippen molar-refractivity contribution in [2.75, 3.05) is 7.11 Å². The Morgan fingerprint density at radius 3 is 2.29 bits per heavy atom. The van der Waals surface area contributed by atoms with Crippen LogP contribution in [0.15, 0.2) is 40.9 Å². The third kappa shape index (κ3) is 4.49. The molecule has 0 radical (unpaired) electrons. The number of carbonyl (C=O) groups is 3. The van der Waals surface area contributed by atoms with Crippen molar-refractivity contribution in [1.82, 2.24) is 5.06 Å². The lowest BCUT2D eigenvalue weighted by molar-refractivity contribution is -0.181. The summed E-state index contributed by atoms with van der Waals surface area (Å²) in [7, 11) is 1.59. The molecule has 0 bridgehead atoms. The fraction of sp³-hybridized carbons (Fsp3) is 0.423. The Morgan fingerprint density at radius 1 is 1.18 bits per heavy atom. The summed E-state index contributed by atoms with van der Waals surface area (Å²) in [5, 5.41) is 0.578. The molecule has 1 fully saturated rings. The Labute approximate surface area is 207 Å². The number of nitrogens with zero attached hydrogens (tertiary/aromatic N) is 1. The van der Waals surface area contributed by atoms with Crippen LogP contribution in [0.5, 0.6) is 5.75 Å². The minimum atomic E-state index is -1.03. The molecule has 8 heteroatoms. The van der Waals surface area contributed by atoms with E-state index in [1.54, 1.807) is 38.3 Å². The first-order chi connectivity index (χ1) is 16.0. The summed E-state index contributed by atoms with van der Waals surface area (Å²) in [6, 6.07) is 10.2. The number of rotatable bonds is 8. The average Bonchev–Trinajstić information content (AvgIpc) is 3.36. The number of amides is 2. The van der Waals surface area contributed by atoms with Crippen molar-refractivity contribution < 1.29 is 28.7 Å². The first-order valence-electron chi connectivity index (χ1n) is 11.2. The van der Waals surface area contributed by atoms with Crippen LogP contribution in [-0.2, 0) is 20.8 Å². The lowest BCUT2D eigenvalue weighted by Gasteiger charge is -2.29. The molecule has 0 aliphatic carbocycles. The predicted octanol–water partition coefficient (Wildman–Crippen LogP) is 5.03. The van der Waals surface area contributed by atoms with Gasteiger partial charge in [0, 0.05) is 4.47 Å². The zero-order valence-electron chi connectivity index (χ0n) is 19.9. The number of carbonyl (C=O) groups excluding carboxylic acids is 3. The first-order valence-corrected chi connectivity index (χ1v) is 12.0. The molecule has 180 valence electrons. The number of ether oxygens (including phenoxy) is 2. The van der Waals surface area contributed by atoms with E-state index in [2.05, 4.69) is 15.9 Å². The van der Waals surface area contributed by atoms with Crippen LogP contribution >= 0.6 is 15.9 Å². The van der Waals surface area contributed by atoms with Gasteiger partial charge in [-0.15, -0.1) is 0 Å². The number of aryl methyl sites for hydroxylation is 1. The molecule has 2 aliphatic heterocycles. The van der Waals surface area contributed by atoms with Crippen LogP contribution in [0.25, 0.3) is 0 Å². The monoisotopic (exact) mass is 529 g/mol. The van der Waals surface area contributed by atoms with Gasteiger partial charge >= 0.3 is 5.97 Å². The molecule has 2 amide bonds. The zero-order valence-corrected chi connectivity index (χ0v) is 21.5. The number of epoxide rings is 1. The number of hydrogen-bond donors (Lipinski definition) is 0. The summed E-state index contributed by atoms with van der Waals surface area (Å²) >= 11 is 3.63. The first kappa shape index (κ1) is 24.4. The van der Waals surface area contributed by atoms with E-state index >= 15 is 0 Å². The van der Waals surface area contributed by atoms with E-state index in [1.165, 1.54) is 0 Å². The van der Waals surface area contributed by atoms with Gasteiger partial charge in [-0.25, -0.2) is 4.79 Å². The van der Waals surface area contributed by atoms with Crippen LogP contribution < -0.4 is 4.74 Å². The van der Waals surface area contributed by atoms with E-state index in [1.807, 2.05) is 32.9 Å². The van der Waals surface area contributed by atoms with Crippen molar-refractivity contribution >= 4 is 33.7 Å². The van der Waals surface area contributed by atoms with Crippen LogP contribution in [0.2, 0.25) is 0 Å². The van der Waals surface area contributed by atoms with Crippen LogP contribution in [0.4, 0.5) is 0 Å². The molecule has 2 aliphatic rings. The summed E-state index contributed by atoms with van der Waals surface area (Å²) in [4.78, 5) is 44.6. The number of hydroxylamine groups is 2. The maximum absolute atomic E-state index is 13.6. The van der Waals surface area contributed by atoms with Crippen LogP contribution in [0, 0.1) is 12.3 Å². The van der Waals surface area contributed by atoms with E-state index in [4.69, 9.17) is 14.3 Å². The fourth-order valence-electron chi connectivity index (χ4n) is 4.37. The molecule has 1 unspecified atom stereocenters. The predicted molar refractivity (Wildman–Crippen MR) is 128 cm³/mol. The lowest BCUT2D eigenvalue weighted by atomic mass is 9.78. The topological polar surface area (TPSA) is 85.4 Å². The number of methoxy groups -OCH3 is 1. The third-order valence-electron chi connectivity index (χ3n) is 6.67. The standard InChI is InChI=1S/C26H28BrNO6/c1-15-12-17(32-5)13-16(21(15)27)14-26(4,11-10-20-25(2,3)33-20)24(31)34-28-22(29)18-8-6-7-9-19(18)23(28)30/h6-9,12-13,20H,10-11,14H2,1-5H3/t20?,26-/m1/s1. The minimum absolute atomic E-state index is 0.0365. The van der Waals surface area contributed by atoms with Crippen LogP contribution in [0.1, 0.15) is 65.5 Å². The Kier molecular flexibility index (Phi) is 6.33. The van der Waals surface area contributed by atoms with Crippen LogP contribution in [-0.4, -0.2) is 41.7 Å². The number of benzene rings is 2. The Hall–Kier alpha value is -2.71. The van der Waals surface area contributed by atoms with Gasteiger partial charge in [0.2, 0.25) is 0 Å². The highest BCUT2D eigenvalue weighted by Crippen LogP contribution is 2.43. The van der Waals surface area contributed by atoms with Gasteiger partial charge in [-0.2, -0.15) is 0 Å². The quantitative estimate of drug-likeness (QED) is 0.352. The molecule has 0 aromatic heterocycles. The smallest absolute Gasteiger partial charge is 0.339 e. The van der Waals surface area contributed by atoms with Crippen molar-refractivity contribution in [2.24, 2.45) is 5.41 Å². The largest absolute Gasteiger partial charge is 0.497 e. The van der Waals surface area contributed by atoms with Crippen molar-refractivity contribution in [2.45, 2.75) is 58.7 Å². The summed E-state index contributed by atoms with van der Waals surface area (Å²) in [5.74, 6) is -1.24. The molecule has 2 atom stereocenters. The van der Waals surface area contributed by atoms with Gasteiger partial charge in [0.1, 0.15) is 5.75 Å². The number of halogens is 1. The molecule has 2 aromatic carbocycles. The van der Waals surface area contributed by atoms with Crippen molar-refractivity contribution in [3.8, 4) is 5.75 Å². The maximum atomic E-state index is 13.6. The Bertz CT molecular complexity index is 1140. The number of hydrogen-bond acceptors (Lipinski definition) is 6. The fourth-order valence-corrected chi connectivity index (χ4v) is 4.74. The summed E-state index contributed by atoms with van der Waals surface area (Å²) < 4.78 is 12.0. The van der Waals surface area contributed by atoms with Gasteiger partial charge in [0.05, 0.1) is 35.4 Å². The Balaban J connectivity index is 1.61. The van der Waals surface area contributed by atoms with Gasteiger partial charge in [-0.1, -0.05) is 33.1 Å². The van der Waals surface area contributed by atoms with Crippen molar-refractivity contribution in [3.63, 3.8) is 0 Å². The van der Waals surface area contributed by atoms with Crippen molar-refractivity contribution in [1.29, 1.82) is 0 Å². The van der Waals surface area contributed by atoms with Gasteiger partial charge in [-0.05, 0) is 82.3 Å². The summed E-state index contributed by atoms with van der Waals surface area (Å²) in [6.45, 7) is 7.76. The molecular weight excluding hydrogens is 502 g/mol. The van der Waals surface area contributed by atoms with Crippen LogP contribution in [0.3, 0.4) is 0 Å². The molecule has 0 spiro atoms. The van der Waals surface area contributed by atoms with E-state index in [0.29, 0.717) is 30.1 Å². The molecule has 34 heavy (non-hydrogen) atoms. The SMILES string of the molecule is COc1cc(C)c(Br)c(C[C@@](C)(CCC2OC2(C)C)C(=O)ON2C(=O)c3ccccc3C2=O)c1. The van der Waals surface area contributed by atoms with Crippen molar-refractivity contribution in [3.05, 3.63) is 63.1 Å². The van der Waals surface area contributed by atoms with E-state index in [-0.39, 0.29) is 22.8 Å². The maximum Gasteiger partial charge on any atom is 0.339 e. The zero-order chi connectivity index (χ0) is 24.8. The lowest BCUT2D eigenvalue weighted by Crippen LogP contribution is -2.40. The minimum Gasteiger partial charge on any atom is -0.497 e. The molecule has 1 saturated heterocycles. The second-order valence-corrected chi connectivity index (χ2v) is 10.5. The van der Waals surface area contributed by atoms with Gasteiger partial charge < -0.3 is 14.3 Å². The molecule has 2 heterocycles. The summed E-state index contributed by atoms with van der Waals surface area (Å²) in [5.41, 5.74) is 1.04. The molecule has 7 nitrogen and oxygen atoms in total. The van der Waals surface area contributed by atoms with Gasteiger partial charge in [-0.3, -0.25) is 9.59 Å². The average molecular weight is 530 g/mol.